The summed E-state index contributed by atoms with van der Waals surface area (Å²) in [5.41, 5.74) is -1.93. The number of amides is 3. The van der Waals surface area contributed by atoms with Crippen LogP contribution < -0.4 is 16.0 Å². The molecule has 38 heavy (non-hydrogen) atoms. The van der Waals surface area contributed by atoms with Crippen LogP contribution in [0.2, 0.25) is 0 Å². The van der Waals surface area contributed by atoms with Gasteiger partial charge in [-0.05, 0) is 78.0 Å². The molecule has 2 rings (SSSR count). The van der Waals surface area contributed by atoms with Gasteiger partial charge in [0, 0.05) is 17.6 Å². The molecule has 0 aromatic heterocycles. The first-order chi connectivity index (χ1) is 17.4. The number of halogens is 3. The minimum Gasteiger partial charge on any atom is -0.444 e. The van der Waals surface area contributed by atoms with E-state index in [1.807, 2.05) is 0 Å². The maximum absolute atomic E-state index is 12.9. The number of alkyl carbamates (subject to hydrolysis) is 1. The standard InChI is InChI=1S/C25H36F3N3O6S/c1-15(2)38(35,36)14-17-12-19(30-23(34)37-24(3,4)5)9-10-20(17)31-21(32)13-29-22(33)16-7-6-8-18(11-16)25(26,27)28/h6-8,11,15,17,19-20H,9-10,12-14H2,1-5H3,(H,29,33)(H,30,34)(H,31,32)/t17-,19+,20-/m0/s1. The van der Waals surface area contributed by atoms with Crippen LogP contribution in [-0.2, 0) is 25.5 Å². The van der Waals surface area contributed by atoms with Gasteiger partial charge in [0.25, 0.3) is 5.91 Å². The van der Waals surface area contributed by atoms with Crippen LogP contribution in [-0.4, -0.2) is 61.6 Å². The summed E-state index contributed by atoms with van der Waals surface area (Å²) in [6, 6.07) is 2.93. The quantitative estimate of drug-likeness (QED) is 0.444. The summed E-state index contributed by atoms with van der Waals surface area (Å²) >= 11 is 0. The topological polar surface area (TPSA) is 131 Å². The zero-order valence-electron chi connectivity index (χ0n) is 22.1. The molecule has 3 N–H and O–H groups in total. The molecule has 1 saturated carbocycles. The van der Waals surface area contributed by atoms with Crippen molar-refractivity contribution in [1.82, 2.24) is 16.0 Å². The largest absolute Gasteiger partial charge is 0.444 e. The maximum atomic E-state index is 12.9. The van der Waals surface area contributed by atoms with Crippen molar-refractivity contribution in [1.29, 1.82) is 0 Å². The molecule has 3 atom stereocenters. The number of alkyl halides is 3. The zero-order chi connectivity index (χ0) is 28.9. The second-order valence-corrected chi connectivity index (χ2v) is 13.3. The summed E-state index contributed by atoms with van der Waals surface area (Å²) < 4.78 is 69.3. The van der Waals surface area contributed by atoms with E-state index in [0.717, 1.165) is 12.1 Å². The van der Waals surface area contributed by atoms with E-state index in [0.29, 0.717) is 18.9 Å². The van der Waals surface area contributed by atoms with Gasteiger partial charge in [0.15, 0.2) is 9.84 Å². The average Bonchev–Trinajstić information content (AvgIpc) is 2.77. The van der Waals surface area contributed by atoms with Gasteiger partial charge >= 0.3 is 12.3 Å². The number of carbonyl (C=O) groups is 3. The van der Waals surface area contributed by atoms with Gasteiger partial charge in [0.2, 0.25) is 5.91 Å². The van der Waals surface area contributed by atoms with Crippen molar-refractivity contribution in [2.75, 3.05) is 12.3 Å². The Labute approximate surface area is 221 Å². The summed E-state index contributed by atoms with van der Waals surface area (Å²) in [7, 11) is -3.48. The number of hydrogen-bond acceptors (Lipinski definition) is 6. The van der Waals surface area contributed by atoms with E-state index in [4.69, 9.17) is 4.74 Å². The molecular weight excluding hydrogens is 527 g/mol. The fourth-order valence-electron chi connectivity index (χ4n) is 4.09. The van der Waals surface area contributed by atoms with Crippen LogP contribution in [0.4, 0.5) is 18.0 Å². The van der Waals surface area contributed by atoms with Gasteiger partial charge < -0.3 is 20.7 Å². The zero-order valence-corrected chi connectivity index (χ0v) is 23.0. The molecule has 3 amide bonds. The minimum atomic E-state index is -4.61. The van der Waals surface area contributed by atoms with E-state index in [1.165, 1.54) is 6.07 Å². The van der Waals surface area contributed by atoms with E-state index in [2.05, 4.69) is 16.0 Å². The Bertz CT molecular complexity index is 1120. The van der Waals surface area contributed by atoms with E-state index >= 15 is 0 Å². The van der Waals surface area contributed by atoms with Gasteiger partial charge in [-0.1, -0.05) is 6.07 Å². The van der Waals surface area contributed by atoms with Crippen molar-refractivity contribution in [2.24, 2.45) is 5.92 Å². The number of sulfone groups is 1. The molecular formula is C25H36F3N3O6S. The second kappa shape index (κ2) is 12.4. The van der Waals surface area contributed by atoms with Crippen LogP contribution in [0.5, 0.6) is 0 Å². The molecule has 0 heterocycles. The van der Waals surface area contributed by atoms with E-state index in [1.54, 1.807) is 34.6 Å². The molecule has 1 aliphatic rings. The van der Waals surface area contributed by atoms with Crippen molar-refractivity contribution in [3.8, 4) is 0 Å². The third-order valence-corrected chi connectivity index (χ3v) is 8.41. The number of hydrogen-bond donors (Lipinski definition) is 3. The average molecular weight is 564 g/mol. The molecule has 1 aliphatic carbocycles. The molecule has 1 aromatic carbocycles. The fourth-order valence-corrected chi connectivity index (χ4v) is 5.44. The number of carbonyl (C=O) groups excluding carboxylic acids is 3. The molecule has 0 unspecified atom stereocenters. The summed E-state index contributed by atoms with van der Waals surface area (Å²) in [5.74, 6) is -2.19. The molecule has 13 heteroatoms. The summed E-state index contributed by atoms with van der Waals surface area (Å²) in [6.07, 6.45) is -4.12. The Morgan fingerprint density at radius 2 is 1.74 bits per heavy atom. The van der Waals surface area contributed by atoms with Crippen LogP contribution in [0, 0.1) is 5.92 Å². The Balaban J connectivity index is 2.03. The highest BCUT2D eigenvalue weighted by Gasteiger charge is 2.36. The van der Waals surface area contributed by atoms with Gasteiger partial charge in [-0.3, -0.25) is 9.59 Å². The third kappa shape index (κ3) is 9.80. The van der Waals surface area contributed by atoms with Crippen molar-refractivity contribution in [2.45, 2.75) is 83.0 Å². The van der Waals surface area contributed by atoms with E-state index in [-0.39, 0.29) is 23.8 Å². The highest BCUT2D eigenvalue weighted by molar-refractivity contribution is 7.91. The van der Waals surface area contributed by atoms with Gasteiger partial charge in [-0.15, -0.1) is 0 Å². The summed E-state index contributed by atoms with van der Waals surface area (Å²) in [4.78, 5) is 37.1. The van der Waals surface area contributed by atoms with Crippen LogP contribution in [0.1, 0.15) is 69.8 Å². The Kier molecular flexibility index (Phi) is 10.2. The maximum Gasteiger partial charge on any atom is 0.416 e. The van der Waals surface area contributed by atoms with Crippen LogP contribution in [0.25, 0.3) is 0 Å². The molecule has 0 spiro atoms. The van der Waals surface area contributed by atoms with Crippen LogP contribution in [0.15, 0.2) is 24.3 Å². The number of nitrogens with one attached hydrogen (secondary N) is 3. The van der Waals surface area contributed by atoms with E-state index in [9.17, 15) is 36.0 Å². The van der Waals surface area contributed by atoms with Crippen LogP contribution >= 0.6 is 0 Å². The number of rotatable bonds is 8. The molecule has 0 bridgehead atoms. The lowest BCUT2D eigenvalue weighted by atomic mass is 9.82. The molecule has 0 saturated heterocycles. The Morgan fingerprint density at radius 1 is 1.08 bits per heavy atom. The predicted octanol–water partition coefficient (Wildman–Crippen LogP) is 3.44. The lowest BCUT2D eigenvalue weighted by molar-refractivity contribution is -0.137. The number of ether oxygens (including phenoxy) is 1. The molecule has 0 radical (unpaired) electrons. The molecule has 9 nitrogen and oxygen atoms in total. The smallest absolute Gasteiger partial charge is 0.416 e. The van der Waals surface area contributed by atoms with Crippen molar-refractivity contribution in [3.05, 3.63) is 35.4 Å². The van der Waals surface area contributed by atoms with Gasteiger partial charge in [-0.2, -0.15) is 13.2 Å². The highest BCUT2D eigenvalue weighted by atomic mass is 32.2. The number of benzene rings is 1. The first-order valence-corrected chi connectivity index (χ1v) is 14.0. The highest BCUT2D eigenvalue weighted by Crippen LogP contribution is 2.30. The first-order valence-electron chi connectivity index (χ1n) is 12.3. The predicted molar refractivity (Wildman–Crippen MR) is 135 cm³/mol. The molecule has 0 aliphatic heterocycles. The van der Waals surface area contributed by atoms with Gasteiger partial charge in [0.05, 0.1) is 23.1 Å². The Hall–Kier alpha value is -2.83. The normalized spacial score (nSPS) is 20.5. The van der Waals surface area contributed by atoms with Crippen molar-refractivity contribution in [3.63, 3.8) is 0 Å². The third-order valence-electron chi connectivity index (χ3n) is 6.08. The molecule has 1 aromatic rings. The second-order valence-electron chi connectivity index (χ2n) is 10.7. The van der Waals surface area contributed by atoms with Crippen LogP contribution in [0.3, 0.4) is 0 Å². The van der Waals surface area contributed by atoms with Crippen molar-refractivity contribution < 1.29 is 40.7 Å². The fraction of sp³-hybridized carbons (Fsp3) is 0.640. The van der Waals surface area contributed by atoms with E-state index < -0.39 is 68.8 Å². The summed E-state index contributed by atoms with van der Waals surface area (Å²) in [5, 5.41) is 7.17. The monoisotopic (exact) mass is 563 g/mol. The van der Waals surface area contributed by atoms with Gasteiger partial charge in [0.1, 0.15) is 5.60 Å². The Morgan fingerprint density at radius 3 is 2.32 bits per heavy atom. The SMILES string of the molecule is CC(C)S(=O)(=O)C[C@@H]1C[C@H](NC(=O)OC(C)(C)C)CC[C@@H]1NC(=O)CNC(=O)c1cccc(C(F)(F)F)c1. The molecule has 1 fully saturated rings. The first kappa shape index (κ1) is 31.4. The lowest BCUT2D eigenvalue weighted by Crippen LogP contribution is -2.52. The lowest BCUT2D eigenvalue weighted by Gasteiger charge is -2.37. The minimum absolute atomic E-state index is 0.210. The van der Waals surface area contributed by atoms with Gasteiger partial charge in [-0.25, -0.2) is 13.2 Å². The molecule has 214 valence electrons. The van der Waals surface area contributed by atoms with Crippen molar-refractivity contribution >= 4 is 27.7 Å². The summed E-state index contributed by atoms with van der Waals surface area (Å²) in [6.45, 7) is 7.79.